The van der Waals surface area contributed by atoms with Gasteiger partial charge in [0.25, 0.3) is 0 Å². The second-order valence-corrected chi connectivity index (χ2v) is 2.88. The third kappa shape index (κ3) is 1.17. The Kier molecular flexibility index (Phi) is 1.50. The van der Waals surface area contributed by atoms with E-state index < -0.39 is 5.67 Å². The standard InChI is InChI=1S/C7H11FN2/c1-5-6(4-9-10-5)7(2,3)8/h4H,1-3H3,(H,9,10). The van der Waals surface area contributed by atoms with Gasteiger partial charge in [0.1, 0.15) is 5.67 Å². The zero-order valence-corrected chi connectivity index (χ0v) is 6.40. The molecule has 0 unspecified atom stereocenters. The van der Waals surface area contributed by atoms with Gasteiger partial charge in [-0.2, -0.15) is 5.10 Å². The minimum atomic E-state index is -1.28. The number of aryl methyl sites for hydroxylation is 1. The lowest BCUT2D eigenvalue weighted by molar-refractivity contribution is 0.220. The van der Waals surface area contributed by atoms with Crippen molar-refractivity contribution in [1.82, 2.24) is 10.2 Å². The van der Waals surface area contributed by atoms with Gasteiger partial charge in [0.2, 0.25) is 0 Å². The number of aromatic amines is 1. The average Bonchev–Trinajstić information content (AvgIpc) is 2.11. The van der Waals surface area contributed by atoms with Crippen molar-refractivity contribution in [2.24, 2.45) is 0 Å². The van der Waals surface area contributed by atoms with Gasteiger partial charge in [0.05, 0.1) is 6.20 Å². The molecule has 1 aromatic rings. The van der Waals surface area contributed by atoms with Crippen LogP contribution < -0.4 is 0 Å². The van der Waals surface area contributed by atoms with Crippen LogP contribution in [0.1, 0.15) is 25.1 Å². The molecule has 1 aromatic heterocycles. The summed E-state index contributed by atoms with van der Waals surface area (Å²) >= 11 is 0. The summed E-state index contributed by atoms with van der Waals surface area (Å²) in [5.74, 6) is 0. The number of alkyl halides is 1. The molecule has 1 heterocycles. The van der Waals surface area contributed by atoms with Gasteiger partial charge < -0.3 is 0 Å². The average molecular weight is 142 g/mol. The first-order valence-electron chi connectivity index (χ1n) is 3.21. The van der Waals surface area contributed by atoms with Crippen LogP contribution in [-0.4, -0.2) is 10.2 Å². The summed E-state index contributed by atoms with van der Waals surface area (Å²) in [5.41, 5.74) is 0.150. The Morgan fingerprint density at radius 3 is 2.40 bits per heavy atom. The SMILES string of the molecule is Cc1[nH]ncc1C(C)(C)F. The van der Waals surface area contributed by atoms with E-state index >= 15 is 0 Å². The van der Waals surface area contributed by atoms with Crippen LogP contribution in [0.3, 0.4) is 0 Å². The molecule has 0 aliphatic rings. The molecule has 0 fully saturated rings. The predicted octanol–water partition coefficient (Wildman–Crippen LogP) is 1.92. The molecule has 0 aliphatic heterocycles. The largest absolute Gasteiger partial charge is 0.282 e. The highest BCUT2D eigenvalue weighted by Crippen LogP contribution is 2.25. The van der Waals surface area contributed by atoms with E-state index in [1.165, 1.54) is 20.0 Å². The topological polar surface area (TPSA) is 28.7 Å². The monoisotopic (exact) mass is 142 g/mol. The second kappa shape index (κ2) is 2.08. The van der Waals surface area contributed by atoms with Crippen molar-refractivity contribution in [2.45, 2.75) is 26.4 Å². The van der Waals surface area contributed by atoms with Gasteiger partial charge in [0, 0.05) is 11.3 Å². The summed E-state index contributed by atoms with van der Waals surface area (Å²) in [6, 6.07) is 0. The fourth-order valence-electron chi connectivity index (χ4n) is 0.950. The van der Waals surface area contributed by atoms with Gasteiger partial charge >= 0.3 is 0 Å². The van der Waals surface area contributed by atoms with E-state index in [0.717, 1.165) is 5.69 Å². The Labute approximate surface area is 59.5 Å². The third-order valence-electron chi connectivity index (χ3n) is 1.47. The number of halogens is 1. The van der Waals surface area contributed by atoms with Gasteiger partial charge in [-0.15, -0.1) is 0 Å². The molecule has 0 spiro atoms. The molecule has 10 heavy (non-hydrogen) atoms. The maximum Gasteiger partial charge on any atom is 0.133 e. The van der Waals surface area contributed by atoms with Crippen molar-refractivity contribution < 1.29 is 4.39 Å². The first-order chi connectivity index (χ1) is 4.52. The smallest absolute Gasteiger partial charge is 0.133 e. The quantitative estimate of drug-likeness (QED) is 0.637. The van der Waals surface area contributed by atoms with Crippen molar-refractivity contribution in [1.29, 1.82) is 0 Å². The molecule has 0 bridgehead atoms. The van der Waals surface area contributed by atoms with E-state index in [9.17, 15) is 4.39 Å². The normalized spacial score (nSPS) is 12.0. The molecule has 0 aliphatic carbocycles. The van der Waals surface area contributed by atoms with Crippen LogP contribution in [0.15, 0.2) is 6.20 Å². The molecule has 0 radical (unpaired) electrons. The fraction of sp³-hybridized carbons (Fsp3) is 0.571. The van der Waals surface area contributed by atoms with Gasteiger partial charge in [-0.25, -0.2) is 4.39 Å². The number of aromatic nitrogens is 2. The molecule has 0 saturated carbocycles. The minimum Gasteiger partial charge on any atom is -0.282 e. The van der Waals surface area contributed by atoms with Crippen molar-refractivity contribution >= 4 is 0 Å². The van der Waals surface area contributed by atoms with Crippen molar-refractivity contribution in [3.05, 3.63) is 17.5 Å². The maximum absolute atomic E-state index is 13.2. The minimum absolute atomic E-state index is 0.632. The Morgan fingerprint density at radius 2 is 2.20 bits per heavy atom. The molecule has 0 atom stereocenters. The Balaban J connectivity index is 3.05. The second-order valence-electron chi connectivity index (χ2n) is 2.88. The maximum atomic E-state index is 13.2. The number of nitrogens with zero attached hydrogens (tertiary/aromatic N) is 1. The van der Waals surface area contributed by atoms with Crippen LogP contribution in [0.2, 0.25) is 0 Å². The summed E-state index contributed by atoms with van der Waals surface area (Å²) in [6.07, 6.45) is 1.52. The molecule has 1 rings (SSSR count). The highest BCUT2D eigenvalue weighted by Gasteiger charge is 2.21. The van der Waals surface area contributed by atoms with Gasteiger partial charge in [-0.1, -0.05) is 0 Å². The fourth-order valence-corrected chi connectivity index (χ4v) is 0.950. The number of H-pyrrole nitrogens is 1. The molecule has 2 nitrogen and oxygen atoms in total. The third-order valence-corrected chi connectivity index (χ3v) is 1.47. The van der Waals surface area contributed by atoms with Crippen LogP contribution >= 0.6 is 0 Å². The van der Waals surface area contributed by atoms with Gasteiger partial charge in [-0.3, -0.25) is 5.10 Å². The van der Waals surface area contributed by atoms with E-state index in [4.69, 9.17) is 0 Å². The lowest BCUT2D eigenvalue weighted by Crippen LogP contribution is -2.09. The summed E-state index contributed by atoms with van der Waals surface area (Å²) < 4.78 is 13.2. The van der Waals surface area contributed by atoms with Crippen LogP contribution in [-0.2, 0) is 5.67 Å². The first kappa shape index (κ1) is 7.25. The molecular weight excluding hydrogens is 131 g/mol. The Bertz CT molecular complexity index is 222. The molecule has 0 aromatic carbocycles. The number of hydrogen-bond donors (Lipinski definition) is 1. The predicted molar refractivity (Wildman–Crippen MR) is 37.5 cm³/mol. The van der Waals surface area contributed by atoms with E-state index in [1.807, 2.05) is 6.92 Å². The van der Waals surface area contributed by atoms with Crippen molar-refractivity contribution in [2.75, 3.05) is 0 Å². The van der Waals surface area contributed by atoms with Crippen molar-refractivity contribution in [3.8, 4) is 0 Å². The number of hydrogen-bond acceptors (Lipinski definition) is 1. The number of nitrogens with one attached hydrogen (secondary N) is 1. The van der Waals surface area contributed by atoms with E-state index in [2.05, 4.69) is 10.2 Å². The first-order valence-corrected chi connectivity index (χ1v) is 3.21. The summed E-state index contributed by atoms with van der Waals surface area (Å²) in [5, 5.41) is 6.41. The van der Waals surface area contributed by atoms with E-state index in [1.54, 1.807) is 0 Å². The molecule has 56 valence electrons. The summed E-state index contributed by atoms with van der Waals surface area (Å²) in [6.45, 7) is 4.85. The molecular formula is C7H11FN2. The molecule has 1 N–H and O–H groups in total. The Hall–Kier alpha value is -0.860. The number of rotatable bonds is 1. The van der Waals surface area contributed by atoms with E-state index in [0.29, 0.717) is 5.56 Å². The molecule has 0 saturated heterocycles. The van der Waals surface area contributed by atoms with Gasteiger partial charge in [0.15, 0.2) is 0 Å². The van der Waals surface area contributed by atoms with Crippen LogP contribution in [0, 0.1) is 6.92 Å². The Morgan fingerprint density at radius 1 is 1.60 bits per heavy atom. The zero-order valence-electron chi connectivity index (χ0n) is 6.40. The highest BCUT2D eigenvalue weighted by molar-refractivity contribution is 5.20. The van der Waals surface area contributed by atoms with Gasteiger partial charge in [-0.05, 0) is 20.8 Å². The highest BCUT2D eigenvalue weighted by atomic mass is 19.1. The van der Waals surface area contributed by atoms with Crippen LogP contribution in [0.4, 0.5) is 4.39 Å². The lowest BCUT2D eigenvalue weighted by atomic mass is 10.0. The summed E-state index contributed by atoms with van der Waals surface area (Å²) in [4.78, 5) is 0. The molecule has 0 amide bonds. The van der Waals surface area contributed by atoms with Crippen LogP contribution in [0.5, 0.6) is 0 Å². The van der Waals surface area contributed by atoms with Crippen molar-refractivity contribution in [3.63, 3.8) is 0 Å². The van der Waals surface area contributed by atoms with Crippen LogP contribution in [0.25, 0.3) is 0 Å². The molecule has 3 heteroatoms. The zero-order chi connectivity index (χ0) is 7.78. The summed E-state index contributed by atoms with van der Waals surface area (Å²) in [7, 11) is 0. The lowest BCUT2D eigenvalue weighted by Gasteiger charge is -2.11. The van der Waals surface area contributed by atoms with E-state index in [-0.39, 0.29) is 0 Å².